The molecule has 1 rings (SSSR count). The van der Waals surface area contributed by atoms with E-state index in [4.69, 9.17) is 20.4 Å². The van der Waals surface area contributed by atoms with Gasteiger partial charge in [-0.2, -0.15) is 0 Å². The Morgan fingerprint density at radius 1 is 1.36 bits per heavy atom. The van der Waals surface area contributed by atoms with Crippen molar-refractivity contribution < 1.29 is 25.2 Å². The van der Waals surface area contributed by atoms with Gasteiger partial charge in [0.15, 0.2) is 5.76 Å². The van der Waals surface area contributed by atoms with E-state index in [-0.39, 0.29) is 12.4 Å². The maximum absolute atomic E-state index is 9.04. The topological polar surface area (TPSA) is 90.2 Å². The molecule has 1 saturated heterocycles. The molecule has 5 nitrogen and oxygen atoms in total. The number of hydrogen-bond donors (Lipinski definition) is 4. The van der Waals surface area contributed by atoms with Crippen LogP contribution in [-0.2, 0) is 4.74 Å². The first-order valence-corrected chi connectivity index (χ1v) is 3.18. The molecule has 0 aromatic rings. The van der Waals surface area contributed by atoms with Gasteiger partial charge in [0.25, 0.3) is 0 Å². The summed E-state index contributed by atoms with van der Waals surface area (Å²) in [5, 5.41) is 35.4. The minimum atomic E-state index is -1.34. The lowest BCUT2D eigenvalue weighted by atomic mass is 10.0. The fraction of sp³-hybridized carbons (Fsp3) is 0.667. The molecule has 64 valence electrons. The zero-order valence-corrected chi connectivity index (χ0v) is 5.71. The lowest BCUT2D eigenvalue weighted by molar-refractivity contribution is -0.121. The first-order chi connectivity index (χ1) is 5.16. The van der Waals surface area contributed by atoms with Crippen molar-refractivity contribution in [2.45, 2.75) is 18.3 Å². The molecule has 0 aromatic heterocycles. The van der Waals surface area contributed by atoms with Crippen molar-refractivity contribution in [3.05, 3.63) is 12.0 Å². The largest absolute Gasteiger partial charge is 0.512 e. The van der Waals surface area contributed by atoms with Crippen LogP contribution >= 0.6 is 0 Å². The molecule has 1 aliphatic heterocycles. The van der Waals surface area contributed by atoms with Crippen LogP contribution in [0.2, 0.25) is 0 Å². The standard InChI is InChI=1S/C6H10O5/c7-1-4-6(10)5(9)3(8)2-11-4/h1,3,5-10H,2H2/t3-,5?,6?/m1/s1. The first kappa shape index (κ1) is 8.32. The molecule has 0 aliphatic carbocycles. The zero-order chi connectivity index (χ0) is 8.43. The molecular weight excluding hydrogens is 152 g/mol. The summed E-state index contributed by atoms with van der Waals surface area (Å²) >= 11 is 0. The van der Waals surface area contributed by atoms with Crippen molar-refractivity contribution in [2.75, 3.05) is 6.61 Å². The summed E-state index contributed by atoms with van der Waals surface area (Å²) in [6, 6.07) is 0. The highest BCUT2D eigenvalue weighted by Crippen LogP contribution is 2.17. The van der Waals surface area contributed by atoms with E-state index in [9.17, 15) is 0 Å². The Morgan fingerprint density at radius 2 is 2.00 bits per heavy atom. The number of aliphatic hydroxyl groups excluding tert-OH is 4. The summed E-state index contributed by atoms with van der Waals surface area (Å²) in [6.45, 7) is -0.120. The fourth-order valence-electron chi connectivity index (χ4n) is 0.858. The summed E-state index contributed by atoms with van der Waals surface area (Å²) < 4.78 is 4.67. The first-order valence-electron chi connectivity index (χ1n) is 3.18. The average Bonchev–Trinajstić information content (AvgIpc) is 2.01. The highest BCUT2D eigenvalue weighted by molar-refractivity contribution is 5.03. The third-order valence-corrected chi connectivity index (χ3v) is 1.56. The van der Waals surface area contributed by atoms with Crippen LogP contribution in [0.5, 0.6) is 0 Å². The highest BCUT2D eigenvalue weighted by Gasteiger charge is 2.34. The summed E-state index contributed by atoms with van der Waals surface area (Å²) in [7, 11) is 0. The van der Waals surface area contributed by atoms with E-state index < -0.39 is 18.3 Å². The third kappa shape index (κ3) is 1.45. The second-order valence-electron chi connectivity index (χ2n) is 2.35. The second-order valence-corrected chi connectivity index (χ2v) is 2.35. The predicted molar refractivity (Wildman–Crippen MR) is 34.7 cm³/mol. The molecule has 11 heavy (non-hydrogen) atoms. The Morgan fingerprint density at radius 3 is 2.55 bits per heavy atom. The van der Waals surface area contributed by atoms with Crippen molar-refractivity contribution in [1.82, 2.24) is 0 Å². The van der Waals surface area contributed by atoms with E-state index in [0.29, 0.717) is 6.26 Å². The van der Waals surface area contributed by atoms with Crippen LogP contribution in [0.1, 0.15) is 0 Å². The van der Waals surface area contributed by atoms with Gasteiger partial charge in [0.2, 0.25) is 0 Å². The molecule has 2 unspecified atom stereocenters. The summed E-state index contributed by atoms with van der Waals surface area (Å²) in [4.78, 5) is 0. The highest BCUT2D eigenvalue weighted by atomic mass is 16.5. The maximum Gasteiger partial charge on any atom is 0.161 e. The molecule has 1 fully saturated rings. The molecule has 1 aliphatic rings. The normalized spacial score (nSPS) is 42.1. The molecule has 0 amide bonds. The Balaban J connectivity index is 2.67. The molecule has 0 saturated carbocycles. The monoisotopic (exact) mass is 162 g/mol. The van der Waals surface area contributed by atoms with E-state index in [1.54, 1.807) is 0 Å². The lowest BCUT2D eigenvalue weighted by Crippen LogP contribution is -2.46. The van der Waals surface area contributed by atoms with Gasteiger partial charge in [-0.3, -0.25) is 0 Å². The predicted octanol–water partition coefficient (Wildman–Crippen LogP) is -1.50. The van der Waals surface area contributed by atoms with E-state index in [0.717, 1.165) is 0 Å². The molecule has 0 spiro atoms. The molecule has 0 aromatic carbocycles. The summed E-state index contributed by atoms with van der Waals surface area (Å²) in [5.41, 5.74) is 0. The second kappa shape index (κ2) is 3.08. The number of hydrogen-bond acceptors (Lipinski definition) is 5. The van der Waals surface area contributed by atoms with Crippen LogP contribution in [0.4, 0.5) is 0 Å². The Labute approximate surface area is 63.2 Å². The quantitative estimate of drug-likeness (QED) is 0.325. The van der Waals surface area contributed by atoms with Gasteiger partial charge in [0.05, 0.1) is 0 Å². The van der Waals surface area contributed by atoms with E-state index in [1.807, 2.05) is 0 Å². The molecular formula is C6H10O5. The van der Waals surface area contributed by atoms with Gasteiger partial charge in [-0.05, 0) is 0 Å². The van der Waals surface area contributed by atoms with Gasteiger partial charge >= 0.3 is 0 Å². The summed E-state index contributed by atoms with van der Waals surface area (Å²) in [6.07, 6.45) is -3.17. The smallest absolute Gasteiger partial charge is 0.161 e. The number of ether oxygens (including phenoxy) is 1. The molecule has 1 heterocycles. The van der Waals surface area contributed by atoms with E-state index in [2.05, 4.69) is 4.74 Å². The van der Waals surface area contributed by atoms with Crippen molar-refractivity contribution in [3.63, 3.8) is 0 Å². The average molecular weight is 162 g/mol. The van der Waals surface area contributed by atoms with Crippen LogP contribution in [0.15, 0.2) is 12.0 Å². The Hall–Kier alpha value is -0.780. The van der Waals surface area contributed by atoms with Gasteiger partial charge in [-0.25, -0.2) is 0 Å². The fourth-order valence-corrected chi connectivity index (χ4v) is 0.858. The SMILES string of the molecule is OC=C1OC[C@@H](O)C(O)C1O. The van der Waals surface area contributed by atoms with Crippen LogP contribution in [0.25, 0.3) is 0 Å². The lowest BCUT2D eigenvalue weighted by Gasteiger charge is -2.29. The third-order valence-electron chi connectivity index (χ3n) is 1.56. The van der Waals surface area contributed by atoms with Crippen molar-refractivity contribution in [3.8, 4) is 0 Å². The Kier molecular flexibility index (Phi) is 2.33. The van der Waals surface area contributed by atoms with Gasteiger partial charge in [-0.15, -0.1) is 0 Å². The minimum Gasteiger partial charge on any atom is -0.512 e. The number of aliphatic hydroxyl groups is 4. The molecule has 4 N–H and O–H groups in total. The van der Waals surface area contributed by atoms with E-state index >= 15 is 0 Å². The van der Waals surface area contributed by atoms with Crippen molar-refractivity contribution >= 4 is 0 Å². The molecule has 5 heteroatoms. The minimum absolute atomic E-state index is 0.120. The van der Waals surface area contributed by atoms with Crippen LogP contribution in [0, 0.1) is 0 Å². The van der Waals surface area contributed by atoms with E-state index in [1.165, 1.54) is 0 Å². The summed E-state index contributed by atoms with van der Waals surface area (Å²) in [5.74, 6) is -0.122. The van der Waals surface area contributed by atoms with Crippen LogP contribution in [0.3, 0.4) is 0 Å². The van der Waals surface area contributed by atoms with Crippen molar-refractivity contribution in [1.29, 1.82) is 0 Å². The van der Waals surface area contributed by atoms with Crippen LogP contribution in [-0.4, -0.2) is 45.3 Å². The molecule has 3 atom stereocenters. The zero-order valence-electron chi connectivity index (χ0n) is 5.71. The maximum atomic E-state index is 9.04. The number of rotatable bonds is 0. The van der Waals surface area contributed by atoms with Gasteiger partial charge in [0, 0.05) is 0 Å². The molecule has 0 bridgehead atoms. The van der Waals surface area contributed by atoms with Crippen molar-refractivity contribution in [2.24, 2.45) is 0 Å². The Bertz CT molecular complexity index is 166. The molecule has 0 radical (unpaired) electrons. The van der Waals surface area contributed by atoms with Crippen LogP contribution < -0.4 is 0 Å². The van der Waals surface area contributed by atoms with Gasteiger partial charge in [0.1, 0.15) is 31.2 Å². The van der Waals surface area contributed by atoms with Gasteiger partial charge in [-0.1, -0.05) is 0 Å². The van der Waals surface area contributed by atoms with Gasteiger partial charge < -0.3 is 25.2 Å².